The van der Waals surface area contributed by atoms with Crippen molar-refractivity contribution in [1.29, 1.82) is 0 Å². The Morgan fingerprint density at radius 3 is 2.44 bits per heavy atom. The number of nitrogens with zero attached hydrogens (tertiary/aromatic N) is 4. The second-order valence-electron chi connectivity index (χ2n) is 4.25. The van der Waals surface area contributed by atoms with Gasteiger partial charge in [-0.3, -0.25) is 4.79 Å². The molecule has 0 saturated carbocycles. The normalized spacial score (nSPS) is 10.2. The molecule has 6 heteroatoms. The Hall–Kier alpha value is -1.69. The molecule has 0 unspecified atom stereocenters. The Morgan fingerprint density at radius 1 is 1.28 bits per heavy atom. The standard InChI is InChI=1S/C12H21N5O/c1-4-8-17(9-7-13)11-6-5-10(14-15-11)12(18)16(2)3/h5-6H,4,7-9,13H2,1-3H3. The van der Waals surface area contributed by atoms with Crippen LogP contribution in [0.2, 0.25) is 0 Å². The van der Waals surface area contributed by atoms with Crippen LogP contribution in [-0.4, -0.2) is 54.7 Å². The van der Waals surface area contributed by atoms with E-state index >= 15 is 0 Å². The van der Waals surface area contributed by atoms with Crippen molar-refractivity contribution >= 4 is 11.7 Å². The molecule has 18 heavy (non-hydrogen) atoms. The first kappa shape index (κ1) is 14.4. The van der Waals surface area contributed by atoms with Crippen molar-refractivity contribution in [2.45, 2.75) is 13.3 Å². The molecule has 6 nitrogen and oxygen atoms in total. The molecule has 0 aromatic carbocycles. The Morgan fingerprint density at radius 2 is 2.00 bits per heavy atom. The maximum atomic E-state index is 11.7. The molecule has 0 aliphatic rings. The van der Waals surface area contributed by atoms with Gasteiger partial charge in [0.25, 0.3) is 5.91 Å². The molecule has 0 aliphatic carbocycles. The summed E-state index contributed by atoms with van der Waals surface area (Å²) in [5.41, 5.74) is 5.92. The fourth-order valence-corrected chi connectivity index (χ4v) is 1.60. The van der Waals surface area contributed by atoms with Crippen LogP contribution < -0.4 is 10.6 Å². The number of hydrogen-bond donors (Lipinski definition) is 1. The van der Waals surface area contributed by atoms with E-state index in [2.05, 4.69) is 22.0 Å². The van der Waals surface area contributed by atoms with Crippen molar-refractivity contribution < 1.29 is 4.79 Å². The third-order valence-electron chi connectivity index (χ3n) is 2.49. The van der Waals surface area contributed by atoms with Crippen LogP contribution in [0, 0.1) is 0 Å². The maximum Gasteiger partial charge on any atom is 0.273 e. The summed E-state index contributed by atoms with van der Waals surface area (Å²) >= 11 is 0. The van der Waals surface area contributed by atoms with Crippen LogP contribution in [0.5, 0.6) is 0 Å². The van der Waals surface area contributed by atoms with Crippen LogP contribution in [0.1, 0.15) is 23.8 Å². The molecule has 0 aliphatic heterocycles. The second kappa shape index (κ2) is 6.90. The predicted molar refractivity (Wildman–Crippen MR) is 71.6 cm³/mol. The third-order valence-corrected chi connectivity index (χ3v) is 2.49. The highest BCUT2D eigenvalue weighted by atomic mass is 16.2. The molecule has 0 saturated heterocycles. The minimum Gasteiger partial charge on any atom is -0.354 e. The fraction of sp³-hybridized carbons (Fsp3) is 0.583. The highest BCUT2D eigenvalue weighted by molar-refractivity contribution is 5.91. The summed E-state index contributed by atoms with van der Waals surface area (Å²) in [6, 6.07) is 3.51. The van der Waals surface area contributed by atoms with Gasteiger partial charge in [-0.25, -0.2) is 0 Å². The molecule has 0 atom stereocenters. The molecule has 0 bridgehead atoms. The molecular weight excluding hydrogens is 230 g/mol. The number of anilines is 1. The van der Waals surface area contributed by atoms with Gasteiger partial charge in [-0.05, 0) is 18.6 Å². The number of hydrogen-bond acceptors (Lipinski definition) is 5. The van der Waals surface area contributed by atoms with Crippen molar-refractivity contribution in [3.63, 3.8) is 0 Å². The summed E-state index contributed by atoms with van der Waals surface area (Å²) < 4.78 is 0. The summed E-state index contributed by atoms with van der Waals surface area (Å²) in [5, 5.41) is 8.05. The molecule has 1 aromatic rings. The van der Waals surface area contributed by atoms with E-state index in [1.54, 1.807) is 20.2 Å². The minimum atomic E-state index is -0.144. The lowest BCUT2D eigenvalue weighted by molar-refractivity contribution is 0.0821. The summed E-state index contributed by atoms with van der Waals surface area (Å²) in [4.78, 5) is 15.2. The van der Waals surface area contributed by atoms with Crippen LogP contribution in [0.25, 0.3) is 0 Å². The molecule has 1 aromatic heterocycles. The van der Waals surface area contributed by atoms with Gasteiger partial charge in [-0.2, -0.15) is 0 Å². The van der Waals surface area contributed by atoms with E-state index in [1.807, 2.05) is 6.07 Å². The van der Waals surface area contributed by atoms with Gasteiger partial charge < -0.3 is 15.5 Å². The fourth-order valence-electron chi connectivity index (χ4n) is 1.60. The number of carbonyl (C=O) groups is 1. The van der Waals surface area contributed by atoms with E-state index in [-0.39, 0.29) is 5.91 Å². The molecule has 100 valence electrons. The van der Waals surface area contributed by atoms with E-state index < -0.39 is 0 Å². The number of aromatic nitrogens is 2. The van der Waals surface area contributed by atoms with Gasteiger partial charge >= 0.3 is 0 Å². The molecule has 1 amide bonds. The molecule has 0 fully saturated rings. The van der Waals surface area contributed by atoms with Crippen LogP contribution >= 0.6 is 0 Å². The molecule has 1 heterocycles. The van der Waals surface area contributed by atoms with E-state index in [1.165, 1.54) is 4.90 Å². The van der Waals surface area contributed by atoms with E-state index in [0.29, 0.717) is 12.2 Å². The monoisotopic (exact) mass is 251 g/mol. The highest BCUT2D eigenvalue weighted by Crippen LogP contribution is 2.10. The Balaban J connectivity index is 2.83. The number of carbonyl (C=O) groups excluding carboxylic acids is 1. The molecule has 0 spiro atoms. The lowest BCUT2D eigenvalue weighted by Gasteiger charge is -2.21. The molecule has 0 radical (unpaired) electrons. The zero-order valence-corrected chi connectivity index (χ0v) is 11.3. The average Bonchev–Trinajstić information content (AvgIpc) is 2.38. The van der Waals surface area contributed by atoms with E-state index in [4.69, 9.17) is 5.73 Å². The highest BCUT2D eigenvalue weighted by Gasteiger charge is 2.12. The zero-order chi connectivity index (χ0) is 13.5. The lowest BCUT2D eigenvalue weighted by atomic mass is 10.3. The van der Waals surface area contributed by atoms with Gasteiger partial charge in [-0.1, -0.05) is 6.92 Å². The Labute approximate surface area is 108 Å². The zero-order valence-electron chi connectivity index (χ0n) is 11.3. The summed E-state index contributed by atoms with van der Waals surface area (Å²) in [6.07, 6.45) is 1.01. The summed E-state index contributed by atoms with van der Waals surface area (Å²) in [5.74, 6) is 0.618. The smallest absolute Gasteiger partial charge is 0.273 e. The SMILES string of the molecule is CCCN(CCN)c1ccc(C(=O)N(C)C)nn1. The van der Waals surface area contributed by atoms with Crippen LogP contribution in [0.15, 0.2) is 12.1 Å². The van der Waals surface area contributed by atoms with Crippen molar-refractivity contribution in [2.24, 2.45) is 5.73 Å². The Bertz CT molecular complexity index is 371. The van der Waals surface area contributed by atoms with Crippen molar-refractivity contribution in [1.82, 2.24) is 15.1 Å². The van der Waals surface area contributed by atoms with Gasteiger partial charge in [-0.15, -0.1) is 10.2 Å². The lowest BCUT2D eigenvalue weighted by Crippen LogP contribution is -2.31. The van der Waals surface area contributed by atoms with Crippen molar-refractivity contribution in [3.8, 4) is 0 Å². The van der Waals surface area contributed by atoms with Gasteiger partial charge in [0.2, 0.25) is 0 Å². The molecule has 2 N–H and O–H groups in total. The van der Waals surface area contributed by atoms with E-state index in [0.717, 1.165) is 25.3 Å². The number of rotatable bonds is 6. The van der Waals surface area contributed by atoms with Crippen LogP contribution in [0.3, 0.4) is 0 Å². The van der Waals surface area contributed by atoms with Crippen LogP contribution in [0.4, 0.5) is 5.82 Å². The summed E-state index contributed by atoms with van der Waals surface area (Å²) in [6.45, 7) is 4.29. The molecule has 1 rings (SSSR count). The first-order chi connectivity index (χ1) is 8.60. The predicted octanol–water partition coefficient (Wildman–Crippen LogP) is 0.354. The summed E-state index contributed by atoms with van der Waals surface area (Å²) in [7, 11) is 3.38. The average molecular weight is 251 g/mol. The molecular formula is C12H21N5O. The van der Waals surface area contributed by atoms with Gasteiger partial charge in [0.15, 0.2) is 11.5 Å². The minimum absolute atomic E-state index is 0.144. The third kappa shape index (κ3) is 3.66. The van der Waals surface area contributed by atoms with Gasteiger partial charge in [0.1, 0.15) is 0 Å². The maximum absolute atomic E-state index is 11.7. The second-order valence-corrected chi connectivity index (χ2v) is 4.25. The van der Waals surface area contributed by atoms with Crippen molar-refractivity contribution in [2.75, 3.05) is 38.6 Å². The first-order valence-electron chi connectivity index (χ1n) is 6.10. The Kier molecular flexibility index (Phi) is 5.51. The number of nitrogens with two attached hydrogens (primary N) is 1. The van der Waals surface area contributed by atoms with Crippen LogP contribution in [-0.2, 0) is 0 Å². The topological polar surface area (TPSA) is 75.3 Å². The number of amides is 1. The quantitative estimate of drug-likeness (QED) is 0.789. The first-order valence-corrected chi connectivity index (χ1v) is 6.10. The largest absolute Gasteiger partial charge is 0.354 e. The van der Waals surface area contributed by atoms with Gasteiger partial charge in [0, 0.05) is 33.7 Å². The van der Waals surface area contributed by atoms with Gasteiger partial charge in [0.05, 0.1) is 0 Å². The van der Waals surface area contributed by atoms with Crippen molar-refractivity contribution in [3.05, 3.63) is 17.8 Å². The van der Waals surface area contributed by atoms with E-state index in [9.17, 15) is 4.79 Å².